The number of ether oxygens (including phenoxy) is 1. The van der Waals surface area contributed by atoms with E-state index in [2.05, 4.69) is 32.8 Å². The molecule has 0 saturated carbocycles. The highest BCUT2D eigenvalue weighted by Crippen LogP contribution is 2.39. The lowest BCUT2D eigenvalue weighted by atomic mass is 9.93. The maximum absolute atomic E-state index is 13.8. The Labute approximate surface area is 269 Å². The molecule has 4 aromatic rings. The first kappa shape index (κ1) is 32.4. The number of H-pyrrole nitrogens is 1. The Morgan fingerprint density at radius 3 is 2.33 bits per heavy atom. The molecule has 3 aromatic carbocycles. The maximum Gasteiger partial charge on any atom is 0.335 e. The normalized spacial score (nSPS) is 11.0. The van der Waals surface area contributed by atoms with E-state index in [1.807, 2.05) is 58.9 Å². The van der Waals surface area contributed by atoms with Crippen LogP contribution in [0.5, 0.6) is 5.75 Å². The fourth-order valence-corrected chi connectivity index (χ4v) is 6.14. The molecule has 0 spiro atoms. The summed E-state index contributed by atoms with van der Waals surface area (Å²) < 4.78 is 6.59. The van der Waals surface area contributed by atoms with E-state index in [4.69, 9.17) is 27.9 Å². The third-order valence-corrected chi connectivity index (χ3v) is 8.46. The number of halogens is 3. The van der Waals surface area contributed by atoms with E-state index in [0.29, 0.717) is 40.3 Å². The van der Waals surface area contributed by atoms with Crippen LogP contribution in [-0.4, -0.2) is 28.6 Å². The van der Waals surface area contributed by atoms with Crippen LogP contribution in [0.25, 0.3) is 16.5 Å². The van der Waals surface area contributed by atoms with E-state index in [1.165, 1.54) is 12.1 Å². The van der Waals surface area contributed by atoms with Crippen molar-refractivity contribution in [2.24, 2.45) is 0 Å². The summed E-state index contributed by atoms with van der Waals surface area (Å²) >= 11 is 16.4. The molecule has 1 amide bonds. The molecule has 0 aliphatic heterocycles. The molecule has 9 heteroatoms. The first-order chi connectivity index (χ1) is 20.3. The number of hydrogen-bond acceptors (Lipinski definition) is 3. The third kappa shape index (κ3) is 7.18. The summed E-state index contributed by atoms with van der Waals surface area (Å²) in [4.78, 5) is 28.7. The van der Waals surface area contributed by atoms with Gasteiger partial charge in [-0.2, -0.15) is 0 Å². The summed E-state index contributed by atoms with van der Waals surface area (Å²) in [6.45, 7) is 14.4. The van der Waals surface area contributed by atoms with Gasteiger partial charge in [-0.25, -0.2) is 4.79 Å². The predicted molar refractivity (Wildman–Crippen MR) is 180 cm³/mol. The van der Waals surface area contributed by atoms with E-state index in [-0.39, 0.29) is 5.56 Å². The number of carbonyl (C=O) groups is 2. The highest BCUT2D eigenvalue weighted by Gasteiger charge is 2.23. The minimum atomic E-state index is -1.09. The first-order valence-electron chi connectivity index (χ1n) is 13.7. The van der Waals surface area contributed by atoms with Gasteiger partial charge in [-0.15, -0.1) is 0 Å². The van der Waals surface area contributed by atoms with Crippen molar-refractivity contribution in [1.82, 2.24) is 4.98 Å². The van der Waals surface area contributed by atoms with E-state index in [9.17, 15) is 14.7 Å². The van der Waals surface area contributed by atoms with E-state index < -0.39 is 11.9 Å². The van der Waals surface area contributed by atoms with Crippen LogP contribution in [0.4, 0.5) is 5.69 Å². The lowest BCUT2D eigenvalue weighted by Gasteiger charge is -2.14. The van der Waals surface area contributed by atoms with Crippen molar-refractivity contribution in [2.45, 2.75) is 47.5 Å². The number of aromatic carboxylic acids is 1. The summed E-state index contributed by atoms with van der Waals surface area (Å²) in [5, 5.41) is 14.5. The number of anilines is 1. The number of allylic oxidation sites excluding steroid dienone is 3. The van der Waals surface area contributed by atoms with Gasteiger partial charge in [0.05, 0.1) is 22.7 Å². The standard InChI is InChI=1S/C34H33BrCl2N2O4/c1-17(2)28(18(3)4)29-27(36)10-9-26-25(8-7-11-43-24-12-19(5)30(37)20(6)13-24)32(39-31(26)29)33(40)38-23-15-21(34(41)42)14-22(35)16-23/h9-10,12-16,39H,1,7-8,11H2,2-6H3,(H,38,40)(H,41,42). The zero-order chi connectivity index (χ0) is 31.6. The molecular weight excluding hydrogens is 651 g/mol. The molecule has 0 aliphatic rings. The number of rotatable bonds is 10. The second-order valence-electron chi connectivity index (χ2n) is 10.8. The van der Waals surface area contributed by atoms with Gasteiger partial charge in [-0.05, 0) is 106 Å². The topological polar surface area (TPSA) is 91.4 Å². The number of carboxylic acid groups (broad SMARTS) is 1. The quantitative estimate of drug-likeness (QED) is 0.115. The highest BCUT2D eigenvalue weighted by atomic mass is 79.9. The fraction of sp³-hybridized carbons (Fsp3) is 0.235. The number of carboxylic acids is 1. The molecule has 0 unspecified atom stereocenters. The molecule has 1 heterocycles. The van der Waals surface area contributed by atoms with E-state index >= 15 is 0 Å². The van der Waals surface area contributed by atoms with Gasteiger partial charge < -0.3 is 20.1 Å². The number of aromatic nitrogens is 1. The van der Waals surface area contributed by atoms with E-state index in [0.717, 1.165) is 60.6 Å². The Kier molecular flexibility index (Phi) is 10.1. The Morgan fingerprint density at radius 1 is 1.05 bits per heavy atom. The smallest absolute Gasteiger partial charge is 0.335 e. The van der Waals surface area contributed by atoms with Crippen LogP contribution in [0, 0.1) is 13.8 Å². The molecule has 1 aromatic heterocycles. The molecule has 0 fully saturated rings. The first-order valence-corrected chi connectivity index (χ1v) is 15.2. The Balaban J connectivity index is 1.75. The molecule has 224 valence electrons. The van der Waals surface area contributed by atoms with Crippen molar-refractivity contribution in [3.8, 4) is 5.75 Å². The number of carbonyl (C=O) groups excluding carboxylic acids is 1. The molecule has 0 radical (unpaired) electrons. The molecule has 4 rings (SSSR count). The highest BCUT2D eigenvalue weighted by molar-refractivity contribution is 9.10. The van der Waals surface area contributed by atoms with E-state index in [1.54, 1.807) is 6.07 Å². The Hall–Kier alpha value is -3.52. The zero-order valence-corrected chi connectivity index (χ0v) is 27.8. The van der Waals surface area contributed by atoms with Crippen molar-refractivity contribution in [3.63, 3.8) is 0 Å². The van der Waals surface area contributed by atoms with Crippen molar-refractivity contribution in [2.75, 3.05) is 11.9 Å². The fourth-order valence-electron chi connectivity index (χ4n) is 5.29. The van der Waals surface area contributed by atoms with Gasteiger partial charge in [-0.3, -0.25) is 4.79 Å². The molecular formula is C34H33BrCl2N2O4. The molecule has 0 bridgehead atoms. The van der Waals surface area contributed by atoms with Gasteiger partial charge in [-0.1, -0.05) is 62.9 Å². The Bertz CT molecular complexity index is 1780. The number of hydrogen-bond donors (Lipinski definition) is 3. The lowest BCUT2D eigenvalue weighted by molar-refractivity contribution is 0.0696. The van der Waals surface area contributed by atoms with Crippen molar-refractivity contribution in [1.29, 1.82) is 0 Å². The number of benzene rings is 3. The molecule has 0 aliphatic carbocycles. The SMILES string of the molecule is C=C(C)C(=C(C)C)c1c(Cl)ccc2c(CCCOc3cc(C)c(Cl)c(C)c3)c(C(=O)Nc3cc(Br)cc(C(=O)O)c3)[nH]c12. The number of nitrogens with one attached hydrogen (secondary N) is 2. The second kappa shape index (κ2) is 13.4. The molecule has 43 heavy (non-hydrogen) atoms. The maximum atomic E-state index is 13.8. The van der Waals surface area contributed by atoms with Crippen molar-refractivity contribution < 1.29 is 19.4 Å². The van der Waals surface area contributed by atoms with Crippen LogP contribution >= 0.6 is 39.1 Å². The van der Waals surface area contributed by atoms with Crippen molar-refractivity contribution in [3.05, 3.63) is 108 Å². The van der Waals surface area contributed by atoms with Gasteiger partial charge in [0.1, 0.15) is 11.4 Å². The monoisotopic (exact) mass is 682 g/mol. The molecule has 0 atom stereocenters. The largest absolute Gasteiger partial charge is 0.494 e. The van der Waals surface area contributed by atoms with Gasteiger partial charge in [0.2, 0.25) is 0 Å². The van der Waals surface area contributed by atoms with Crippen LogP contribution in [0.15, 0.2) is 64.7 Å². The molecule has 3 N–H and O–H groups in total. The minimum Gasteiger partial charge on any atom is -0.494 e. The number of aryl methyl sites for hydroxylation is 3. The predicted octanol–water partition coefficient (Wildman–Crippen LogP) is 10.2. The van der Waals surface area contributed by atoms with Gasteiger partial charge in [0.25, 0.3) is 5.91 Å². The zero-order valence-electron chi connectivity index (χ0n) is 24.7. The summed E-state index contributed by atoms with van der Waals surface area (Å²) in [7, 11) is 0. The average molecular weight is 684 g/mol. The summed E-state index contributed by atoms with van der Waals surface area (Å²) in [6, 6.07) is 12.1. The number of amides is 1. The minimum absolute atomic E-state index is 0.0510. The summed E-state index contributed by atoms with van der Waals surface area (Å²) in [6.07, 6.45) is 1.16. The van der Waals surface area contributed by atoms with Crippen LogP contribution in [0.3, 0.4) is 0 Å². The van der Waals surface area contributed by atoms with Gasteiger partial charge >= 0.3 is 5.97 Å². The molecule has 6 nitrogen and oxygen atoms in total. The summed E-state index contributed by atoms with van der Waals surface area (Å²) in [5.41, 5.74) is 7.80. The second-order valence-corrected chi connectivity index (χ2v) is 12.5. The lowest BCUT2D eigenvalue weighted by Crippen LogP contribution is -2.15. The van der Waals surface area contributed by atoms with Crippen LogP contribution in [0.1, 0.15) is 70.3 Å². The van der Waals surface area contributed by atoms with Crippen LogP contribution in [0.2, 0.25) is 10.0 Å². The van der Waals surface area contributed by atoms with Crippen molar-refractivity contribution >= 4 is 73.2 Å². The third-order valence-electron chi connectivity index (χ3n) is 7.09. The van der Waals surface area contributed by atoms with Crippen LogP contribution in [-0.2, 0) is 6.42 Å². The van der Waals surface area contributed by atoms with Gasteiger partial charge in [0.15, 0.2) is 0 Å². The summed E-state index contributed by atoms with van der Waals surface area (Å²) in [5.74, 6) is -0.756. The number of fused-ring (bicyclic) bond motifs is 1. The number of aromatic amines is 1. The molecule has 0 saturated heterocycles. The Morgan fingerprint density at radius 2 is 1.72 bits per heavy atom. The van der Waals surface area contributed by atoms with Crippen LogP contribution < -0.4 is 10.1 Å². The average Bonchev–Trinajstić information content (AvgIpc) is 3.29. The van der Waals surface area contributed by atoms with Gasteiger partial charge in [0, 0.05) is 26.1 Å².